The van der Waals surface area contributed by atoms with Crippen molar-refractivity contribution in [1.82, 2.24) is 4.90 Å². The van der Waals surface area contributed by atoms with Crippen molar-refractivity contribution in [3.05, 3.63) is 35.9 Å². The van der Waals surface area contributed by atoms with Crippen molar-refractivity contribution in [3.8, 4) is 0 Å². The molecule has 0 bridgehead atoms. The van der Waals surface area contributed by atoms with Crippen LogP contribution in [0.2, 0.25) is 0 Å². The predicted molar refractivity (Wildman–Crippen MR) is 60.3 cm³/mol. The summed E-state index contributed by atoms with van der Waals surface area (Å²) >= 11 is 3.66. The Labute approximate surface area is 94.0 Å². The fourth-order valence-electron chi connectivity index (χ4n) is 0.848. The molecule has 0 spiro atoms. The van der Waals surface area contributed by atoms with Crippen molar-refractivity contribution in [1.29, 1.82) is 0 Å². The first-order valence-electron chi connectivity index (χ1n) is 4.08. The minimum atomic E-state index is 0.546. The molecule has 1 aromatic carbocycles. The van der Waals surface area contributed by atoms with E-state index in [1.807, 2.05) is 0 Å². The Morgan fingerprint density at radius 1 is 1.31 bits per heavy atom. The molecule has 3 heteroatoms. The quantitative estimate of drug-likeness (QED) is 0.741. The molecule has 1 rings (SSSR count). The average Bonchev–Trinajstić information content (AvgIpc) is 2.15. The van der Waals surface area contributed by atoms with E-state index >= 15 is 0 Å². The molecule has 0 fully saturated rings. The van der Waals surface area contributed by atoms with E-state index in [0.29, 0.717) is 15.0 Å². The summed E-state index contributed by atoms with van der Waals surface area (Å²) in [7, 11) is 4.16. The molecule has 0 N–H and O–H groups in total. The van der Waals surface area contributed by atoms with Crippen molar-refractivity contribution < 1.29 is 0 Å². The van der Waals surface area contributed by atoms with Crippen molar-refractivity contribution in [2.75, 3.05) is 14.1 Å². The second-order valence-corrected chi connectivity index (χ2v) is 7.08. The molecule has 0 aliphatic rings. The summed E-state index contributed by atoms with van der Waals surface area (Å²) < 4.78 is 1.37. The van der Waals surface area contributed by atoms with Crippen molar-refractivity contribution in [2.45, 2.75) is 5.32 Å². The number of nitrogens with zero attached hydrogens (tertiary/aromatic N) is 1. The van der Waals surface area contributed by atoms with E-state index in [-0.39, 0.29) is 0 Å². The SMILES string of the molecule is CN(C)C(=[Se])[Se]Cc1ccccc1. The fraction of sp³-hybridized carbons (Fsp3) is 0.300. The van der Waals surface area contributed by atoms with E-state index in [1.54, 1.807) is 0 Å². The van der Waals surface area contributed by atoms with Crippen molar-refractivity contribution >= 4 is 34.0 Å². The molecule has 0 amide bonds. The molecule has 0 aliphatic heterocycles. The molecule has 0 saturated carbocycles. The van der Waals surface area contributed by atoms with Crippen LogP contribution >= 0.6 is 0 Å². The van der Waals surface area contributed by atoms with Crippen molar-refractivity contribution in [3.63, 3.8) is 0 Å². The van der Waals surface area contributed by atoms with Crippen LogP contribution in [0.5, 0.6) is 0 Å². The third-order valence-electron chi connectivity index (χ3n) is 1.57. The molecule has 70 valence electrons. The van der Waals surface area contributed by atoms with Crippen LogP contribution in [0.15, 0.2) is 30.3 Å². The third kappa shape index (κ3) is 4.10. The summed E-state index contributed by atoms with van der Waals surface area (Å²) in [5.74, 6) is 0. The number of benzene rings is 1. The van der Waals surface area contributed by atoms with E-state index in [1.165, 1.54) is 14.3 Å². The van der Waals surface area contributed by atoms with Crippen LogP contribution in [0, 0.1) is 0 Å². The normalized spacial score (nSPS) is 9.69. The van der Waals surface area contributed by atoms with Gasteiger partial charge in [-0.2, -0.15) is 0 Å². The summed E-state index contributed by atoms with van der Waals surface area (Å²) in [5.41, 5.74) is 1.43. The maximum absolute atomic E-state index is 3.12. The number of hydrogen-bond acceptors (Lipinski definition) is 1. The van der Waals surface area contributed by atoms with E-state index in [0.717, 1.165) is 0 Å². The maximum atomic E-state index is 3.12. The first-order chi connectivity index (χ1) is 6.20. The molecule has 1 aromatic rings. The van der Waals surface area contributed by atoms with Gasteiger partial charge in [-0.15, -0.1) is 0 Å². The molecular formula is C10H13NSe2. The Balaban J connectivity index is 2.40. The van der Waals surface area contributed by atoms with Gasteiger partial charge in [0, 0.05) is 0 Å². The first-order valence-corrected chi connectivity index (χ1v) is 7.00. The van der Waals surface area contributed by atoms with E-state index < -0.39 is 0 Å². The van der Waals surface area contributed by atoms with Crippen molar-refractivity contribution in [2.24, 2.45) is 0 Å². The van der Waals surface area contributed by atoms with Gasteiger partial charge in [-0.3, -0.25) is 0 Å². The second-order valence-electron chi connectivity index (χ2n) is 2.93. The Bertz CT molecular complexity index is 270. The van der Waals surface area contributed by atoms with Crippen LogP contribution < -0.4 is 0 Å². The summed E-state index contributed by atoms with van der Waals surface area (Å²) in [6.07, 6.45) is 0. The molecule has 13 heavy (non-hydrogen) atoms. The average molecular weight is 305 g/mol. The van der Waals surface area contributed by atoms with Gasteiger partial charge in [-0.1, -0.05) is 0 Å². The molecule has 0 radical (unpaired) electrons. The van der Waals surface area contributed by atoms with Gasteiger partial charge < -0.3 is 0 Å². The van der Waals surface area contributed by atoms with Gasteiger partial charge >= 0.3 is 94.2 Å². The minimum absolute atomic E-state index is 0.546. The summed E-state index contributed by atoms with van der Waals surface area (Å²) in [6, 6.07) is 10.6. The van der Waals surface area contributed by atoms with Crippen LogP contribution in [0.4, 0.5) is 0 Å². The van der Waals surface area contributed by atoms with Gasteiger partial charge in [0.15, 0.2) is 0 Å². The van der Waals surface area contributed by atoms with Crippen LogP contribution in [0.1, 0.15) is 5.56 Å². The number of hydrogen-bond donors (Lipinski definition) is 0. The predicted octanol–water partition coefficient (Wildman–Crippen LogP) is 0.708. The molecule has 0 heterocycles. The Morgan fingerprint density at radius 3 is 2.46 bits per heavy atom. The van der Waals surface area contributed by atoms with Gasteiger partial charge in [0.25, 0.3) is 0 Å². The second kappa shape index (κ2) is 5.62. The number of rotatable bonds is 4. The first kappa shape index (κ1) is 11.0. The molecule has 0 aliphatic carbocycles. The zero-order valence-corrected chi connectivity index (χ0v) is 11.3. The monoisotopic (exact) mass is 307 g/mol. The third-order valence-corrected chi connectivity index (χ3v) is 5.91. The molecule has 0 aromatic heterocycles. The summed E-state index contributed by atoms with van der Waals surface area (Å²) in [6.45, 7) is 0. The van der Waals surface area contributed by atoms with Gasteiger partial charge in [0.1, 0.15) is 0 Å². The van der Waals surface area contributed by atoms with Gasteiger partial charge in [0.05, 0.1) is 0 Å². The zero-order chi connectivity index (χ0) is 9.68. The molecule has 0 saturated heterocycles. The van der Waals surface area contributed by atoms with Crippen LogP contribution in [-0.2, 0) is 5.32 Å². The summed E-state index contributed by atoms with van der Waals surface area (Å²) in [4.78, 5) is 2.16. The zero-order valence-electron chi connectivity index (χ0n) is 7.86. The standard InChI is InChI=1S/C10H13NSe2/c1-11(2)10(12)13-8-9-6-4-3-5-7-9/h3-7H,8H2,1-2H3. The topological polar surface area (TPSA) is 3.24 Å². The molecular weight excluding hydrogens is 292 g/mol. The fourth-order valence-corrected chi connectivity index (χ4v) is 3.05. The van der Waals surface area contributed by atoms with Gasteiger partial charge in [-0.25, -0.2) is 0 Å². The molecule has 0 atom stereocenters. The van der Waals surface area contributed by atoms with Gasteiger partial charge in [0.2, 0.25) is 0 Å². The van der Waals surface area contributed by atoms with E-state index in [4.69, 9.17) is 0 Å². The Kier molecular flexibility index (Phi) is 4.75. The van der Waals surface area contributed by atoms with Gasteiger partial charge in [-0.05, 0) is 0 Å². The van der Waals surface area contributed by atoms with E-state index in [2.05, 4.69) is 64.9 Å². The molecule has 0 unspecified atom stereocenters. The van der Waals surface area contributed by atoms with Crippen LogP contribution in [-0.4, -0.2) is 53.0 Å². The van der Waals surface area contributed by atoms with Crippen LogP contribution in [0.3, 0.4) is 0 Å². The summed E-state index contributed by atoms with van der Waals surface area (Å²) in [5, 5.41) is 1.17. The van der Waals surface area contributed by atoms with E-state index in [9.17, 15) is 0 Å². The Hall–Kier alpha value is -0.0710. The molecule has 1 nitrogen and oxygen atoms in total. The Morgan fingerprint density at radius 2 is 1.92 bits per heavy atom. The van der Waals surface area contributed by atoms with Crippen LogP contribution in [0.25, 0.3) is 0 Å².